The molecule has 5 heteroatoms. The van der Waals surface area contributed by atoms with Crippen LogP contribution in [0.2, 0.25) is 0 Å². The number of aliphatic hydroxyl groups excluding tert-OH is 1. The molecule has 1 saturated heterocycles. The first kappa shape index (κ1) is 18.0. The number of methoxy groups -OCH3 is 1. The number of ether oxygens (including phenoxy) is 2. The van der Waals surface area contributed by atoms with Crippen molar-refractivity contribution >= 4 is 11.6 Å². The Balaban J connectivity index is 1.60. The van der Waals surface area contributed by atoms with Gasteiger partial charge in [0.1, 0.15) is 6.61 Å². The average Bonchev–Trinajstić information content (AvgIpc) is 3.11. The molecule has 2 bridgehead atoms. The Hall–Kier alpha value is -1.04. The maximum Gasteiger partial charge on any atom is 0.167 e. The smallest absolute Gasteiger partial charge is 0.167 e. The highest BCUT2D eigenvalue weighted by molar-refractivity contribution is 5.92. The summed E-state index contributed by atoms with van der Waals surface area (Å²) < 4.78 is 12.7. The van der Waals surface area contributed by atoms with Crippen LogP contribution in [0.3, 0.4) is 0 Å². The molecule has 0 unspecified atom stereocenters. The number of carbonyl (C=O) groups is 2. The fourth-order valence-corrected chi connectivity index (χ4v) is 8.15. The van der Waals surface area contributed by atoms with Gasteiger partial charge in [-0.25, -0.2) is 0 Å². The van der Waals surface area contributed by atoms with Crippen LogP contribution in [0.5, 0.6) is 0 Å². The van der Waals surface area contributed by atoms with E-state index < -0.39 is 0 Å². The molecule has 5 aliphatic rings. The van der Waals surface area contributed by atoms with E-state index in [0.29, 0.717) is 18.3 Å². The summed E-state index contributed by atoms with van der Waals surface area (Å²) in [6.45, 7) is 1.89. The van der Waals surface area contributed by atoms with E-state index in [2.05, 4.69) is 6.92 Å². The summed E-state index contributed by atoms with van der Waals surface area (Å²) in [6, 6.07) is 0. The van der Waals surface area contributed by atoms with Gasteiger partial charge in [0.25, 0.3) is 0 Å². The first-order valence-corrected chi connectivity index (χ1v) is 10.5. The largest absolute Gasteiger partial charge is 0.389 e. The monoisotopic (exact) mass is 374 g/mol. The predicted octanol–water partition coefficient (Wildman–Crippen LogP) is 2.80. The van der Waals surface area contributed by atoms with Gasteiger partial charge in [-0.1, -0.05) is 12.5 Å². The third-order valence-corrected chi connectivity index (χ3v) is 9.12. The number of hydrogen-bond acceptors (Lipinski definition) is 5. The number of carbonyl (C=O) groups excluding carboxylic acids is 2. The van der Waals surface area contributed by atoms with E-state index in [1.54, 1.807) is 7.11 Å². The number of fused-ring (bicyclic) bond motifs is 1. The van der Waals surface area contributed by atoms with Crippen LogP contribution in [-0.2, 0) is 19.1 Å². The highest BCUT2D eigenvalue weighted by Crippen LogP contribution is 2.74. The van der Waals surface area contributed by atoms with Gasteiger partial charge < -0.3 is 14.6 Å². The Bertz CT molecular complexity index is 728. The molecule has 0 radical (unpaired) electrons. The van der Waals surface area contributed by atoms with Gasteiger partial charge in [0, 0.05) is 30.8 Å². The lowest BCUT2D eigenvalue weighted by atomic mass is 9.45. The van der Waals surface area contributed by atoms with Gasteiger partial charge >= 0.3 is 0 Å². The lowest BCUT2D eigenvalue weighted by molar-refractivity contribution is -0.209. The number of aliphatic hydroxyl groups is 1. The van der Waals surface area contributed by atoms with E-state index in [4.69, 9.17) is 9.47 Å². The average molecular weight is 374 g/mol. The molecule has 5 rings (SSSR count). The maximum atomic E-state index is 12.5. The molecular formula is C22H30O5. The third-order valence-electron chi connectivity index (χ3n) is 9.12. The molecule has 4 aliphatic carbocycles. The standard InChI is InChI=1S/C22H30O5/c1-20-8-7-18-21-9-6-14(24)11-13(21)5-10-22(18,27-19(21)26-2)17(20)4-3-15(20)16(25)12-23/h11,15,17-19,23H,3-10,12H2,1-2H3/t15-,17-,18-,19-,20-,21-,22-/m1/s1. The second-order valence-electron chi connectivity index (χ2n) is 9.72. The van der Waals surface area contributed by atoms with E-state index in [1.165, 1.54) is 5.57 Å². The molecule has 27 heavy (non-hydrogen) atoms. The van der Waals surface area contributed by atoms with Gasteiger partial charge in [0.2, 0.25) is 0 Å². The van der Waals surface area contributed by atoms with E-state index in [-0.39, 0.29) is 46.8 Å². The minimum atomic E-state index is -0.357. The van der Waals surface area contributed by atoms with Crippen LogP contribution < -0.4 is 0 Å². The number of rotatable bonds is 3. The summed E-state index contributed by atoms with van der Waals surface area (Å²) in [7, 11) is 1.72. The summed E-state index contributed by atoms with van der Waals surface area (Å²) in [5.41, 5.74) is 0.719. The number of Topliss-reactive ketones (excluding diaryl/α,β-unsaturated/α-hetero) is 1. The topological polar surface area (TPSA) is 72.8 Å². The van der Waals surface area contributed by atoms with Crippen LogP contribution in [0, 0.1) is 28.6 Å². The van der Waals surface area contributed by atoms with E-state index >= 15 is 0 Å². The highest BCUT2D eigenvalue weighted by Gasteiger charge is 2.74. The van der Waals surface area contributed by atoms with Gasteiger partial charge in [-0.05, 0) is 62.4 Å². The second kappa shape index (κ2) is 5.74. The van der Waals surface area contributed by atoms with Crippen LogP contribution in [0.1, 0.15) is 58.3 Å². The molecule has 7 atom stereocenters. The molecule has 5 nitrogen and oxygen atoms in total. The Kier molecular flexibility index (Phi) is 3.83. The first-order chi connectivity index (χ1) is 12.9. The first-order valence-electron chi connectivity index (χ1n) is 10.5. The Morgan fingerprint density at radius 2 is 2.04 bits per heavy atom. The zero-order chi connectivity index (χ0) is 19.0. The Morgan fingerprint density at radius 3 is 2.78 bits per heavy atom. The van der Waals surface area contributed by atoms with Crippen LogP contribution in [0.4, 0.5) is 0 Å². The van der Waals surface area contributed by atoms with Crippen molar-refractivity contribution in [1.29, 1.82) is 0 Å². The molecule has 148 valence electrons. The maximum absolute atomic E-state index is 12.5. The SMILES string of the molecule is CO[C@@H]1O[C@@]23CCC4=CC(=O)CC[C@]41[C@H]2CC[C@]1(C)[C@@H](C(=O)CO)CC[C@H]13. The van der Waals surface area contributed by atoms with Crippen LogP contribution in [0.25, 0.3) is 0 Å². The fourth-order valence-electron chi connectivity index (χ4n) is 8.15. The van der Waals surface area contributed by atoms with Crippen molar-refractivity contribution in [2.75, 3.05) is 13.7 Å². The van der Waals surface area contributed by atoms with Crippen molar-refractivity contribution in [3.05, 3.63) is 11.6 Å². The van der Waals surface area contributed by atoms with E-state index in [9.17, 15) is 14.7 Å². The number of ketones is 2. The predicted molar refractivity (Wildman–Crippen MR) is 97.7 cm³/mol. The molecular weight excluding hydrogens is 344 g/mol. The van der Waals surface area contributed by atoms with E-state index in [0.717, 1.165) is 44.9 Å². The van der Waals surface area contributed by atoms with Crippen LogP contribution >= 0.6 is 0 Å². The zero-order valence-corrected chi connectivity index (χ0v) is 16.3. The molecule has 1 spiro atoms. The quantitative estimate of drug-likeness (QED) is 0.822. The van der Waals surface area contributed by atoms with Gasteiger partial charge in [-0.2, -0.15) is 0 Å². The number of hydrogen-bond donors (Lipinski definition) is 1. The molecule has 0 aromatic rings. The lowest BCUT2D eigenvalue weighted by Gasteiger charge is -2.58. The molecule has 1 heterocycles. The summed E-state index contributed by atoms with van der Waals surface area (Å²) in [5.74, 6) is 0.851. The second-order valence-corrected chi connectivity index (χ2v) is 9.72. The van der Waals surface area contributed by atoms with Crippen LogP contribution in [-0.4, -0.2) is 42.3 Å². The molecule has 0 aromatic heterocycles. The van der Waals surface area contributed by atoms with Crippen molar-refractivity contribution < 1.29 is 24.2 Å². The molecule has 0 amide bonds. The summed E-state index contributed by atoms with van der Waals surface area (Å²) >= 11 is 0. The van der Waals surface area contributed by atoms with Crippen molar-refractivity contribution in [3.8, 4) is 0 Å². The van der Waals surface area contributed by atoms with Crippen molar-refractivity contribution in [2.24, 2.45) is 28.6 Å². The molecule has 0 aromatic carbocycles. The van der Waals surface area contributed by atoms with Gasteiger partial charge in [0.15, 0.2) is 17.9 Å². The van der Waals surface area contributed by atoms with Crippen molar-refractivity contribution in [1.82, 2.24) is 0 Å². The Labute approximate surface area is 160 Å². The van der Waals surface area contributed by atoms with Crippen LogP contribution in [0.15, 0.2) is 11.6 Å². The van der Waals surface area contributed by atoms with Gasteiger partial charge in [0.05, 0.1) is 5.60 Å². The van der Waals surface area contributed by atoms with Crippen molar-refractivity contribution in [2.45, 2.75) is 70.2 Å². The molecule has 1 aliphatic heterocycles. The normalized spacial score (nSPS) is 50.6. The molecule has 4 fully saturated rings. The summed E-state index contributed by atoms with van der Waals surface area (Å²) in [5, 5.41) is 9.48. The minimum absolute atomic E-state index is 0.00879. The minimum Gasteiger partial charge on any atom is -0.389 e. The third kappa shape index (κ3) is 2.01. The van der Waals surface area contributed by atoms with Gasteiger partial charge in [-0.15, -0.1) is 0 Å². The molecule has 3 saturated carbocycles. The van der Waals surface area contributed by atoms with Gasteiger partial charge in [-0.3, -0.25) is 9.59 Å². The summed E-state index contributed by atoms with van der Waals surface area (Å²) in [4.78, 5) is 24.6. The summed E-state index contributed by atoms with van der Waals surface area (Å²) in [6.07, 6.45) is 8.63. The Morgan fingerprint density at radius 1 is 1.22 bits per heavy atom. The highest BCUT2D eigenvalue weighted by atomic mass is 16.7. The fraction of sp³-hybridized carbons (Fsp3) is 0.818. The zero-order valence-electron chi connectivity index (χ0n) is 16.3. The lowest BCUT2D eigenvalue weighted by Crippen LogP contribution is -2.59. The van der Waals surface area contributed by atoms with E-state index in [1.807, 2.05) is 6.08 Å². The van der Waals surface area contributed by atoms with Crippen molar-refractivity contribution in [3.63, 3.8) is 0 Å². The molecule has 1 N–H and O–H groups in total.